The van der Waals surface area contributed by atoms with Crippen LogP contribution in [-0.4, -0.2) is 19.4 Å². The van der Waals surface area contributed by atoms with Gasteiger partial charge in [0.15, 0.2) is 5.16 Å². The van der Waals surface area contributed by atoms with Gasteiger partial charge in [-0.2, -0.15) is 0 Å². The molecule has 5 nitrogen and oxygen atoms in total. The summed E-state index contributed by atoms with van der Waals surface area (Å²) in [7, 11) is 0. The molecule has 1 N–H and O–H groups in total. The summed E-state index contributed by atoms with van der Waals surface area (Å²) in [5.41, 5.74) is 2.98. The Morgan fingerprint density at radius 1 is 1.37 bits per heavy atom. The second-order valence-corrected chi connectivity index (χ2v) is 9.52. The molecule has 0 amide bonds. The fourth-order valence-electron chi connectivity index (χ4n) is 3.63. The zero-order valence-electron chi connectivity index (χ0n) is 14.7. The number of thioether (sulfide) groups is 1. The summed E-state index contributed by atoms with van der Waals surface area (Å²) in [5, 5.41) is 2.12. The summed E-state index contributed by atoms with van der Waals surface area (Å²) in [6.45, 7) is 2.27. The van der Waals surface area contributed by atoms with Gasteiger partial charge in [-0.05, 0) is 42.9 Å². The van der Waals surface area contributed by atoms with E-state index in [-0.39, 0.29) is 5.56 Å². The van der Waals surface area contributed by atoms with Gasteiger partial charge in [-0.1, -0.05) is 30.3 Å². The van der Waals surface area contributed by atoms with Crippen molar-refractivity contribution in [2.24, 2.45) is 5.92 Å². The number of imidazole rings is 1. The zero-order chi connectivity index (χ0) is 18.5. The zero-order valence-corrected chi connectivity index (χ0v) is 17.0. The van der Waals surface area contributed by atoms with E-state index in [1.807, 2.05) is 28.9 Å². The molecule has 8 heteroatoms. The highest BCUT2D eigenvalue weighted by atomic mass is 35.5. The molecule has 0 fully saturated rings. The number of hydrogen-bond donors (Lipinski definition) is 1. The standard InChI is InChI=1S/C19H17ClN4OS2/c1-10-2-4-13-14(6-10)27-18-16(13)17(25)22-19(23-18)26-9-12-8-24-7-11(20)3-5-15(24)21-12/h3,5,7-8,10H,2,4,6,9H2,1H3,(H,22,23,25)/t10-/m1/s1. The van der Waals surface area contributed by atoms with Crippen molar-refractivity contribution in [3.05, 3.63) is 56.0 Å². The van der Waals surface area contributed by atoms with E-state index < -0.39 is 0 Å². The highest BCUT2D eigenvalue weighted by molar-refractivity contribution is 7.98. The topological polar surface area (TPSA) is 63.1 Å². The van der Waals surface area contributed by atoms with Gasteiger partial charge >= 0.3 is 0 Å². The third-order valence-corrected chi connectivity index (χ3v) is 7.24. The predicted octanol–water partition coefficient (Wildman–Crippen LogP) is 4.70. The number of nitrogens with zero attached hydrogens (tertiary/aromatic N) is 3. The van der Waals surface area contributed by atoms with Crippen molar-refractivity contribution < 1.29 is 0 Å². The molecule has 0 aliphatic heterocycles. The molecule has 1 atom stereocenters. The second-order valence-electron chi connectivity index (χ2n) is 7.04. The molecule has 0 spiro atoms. The molecule has 0 unspecified atom stereocenters. The van der Waals surface area contributed by atoms with Crippen LogP contribution in [0.15, 0.2) is 34.5 Å². The number of nitrogens with one attached hydrogen (secondary N) is 1. The second kappa shape index (κ2) is 6.65. The summed E-state index contributed by atoms with van der Waals surface area (Å²) in [5.74, 6) is 1.32. The maximum absolute atomic E-state index is 12.7. The Kier molecular flexibility index (Phi) is 4.26. The van der Waals surface area contributed by atoms with E-state index in [0.717, 1.165) is 40.8 Å². The lowest BCUT2D eigenvalue weighted by Gasteiger charge is -2.17. The van der Waals surface area contributed by atoms with Gasteiger partial charge in [0.25, 0.3) is 5.56 Å². The van der Waals surface area contributed by atoms with Crippen LogP contribution >= 0.6 is 34.7 Å². The van der Waals surface area contributed by atoms with E-state index in [4.69, 9.17) is 16.6 Å². The Morgan fingerprint density at radius 3 is 3.15 bits per heavy atom. The van der Waals surface area contributed by atoms with Crippen LogP contribution in [0.1, 0.15) is 29.5 Å². The van der Waals surface area contributed by atoms with Crippen LogP contribution in [0.2, 0.25) is 5.02 Å². The SMILES string of the molecule is C[C@@H]1CCc2c(sc3nc(SCc4cn5cc(Cl)ccc5n4)[nH]c(=O)c23)C1. The molecule has 1 aliphatic carbocycles. The largest absolute Gasteiger partial charge is 0.305 e. The lowest BCUT2D eigenvalue weighted by molar-refractivity contribution is 0.509. The van der Waals surface area contributed by atoms with E-state index in [9.17, 15) is 4.79 Å². The first kappa shape index (κ1) is 17.3. The highest BCUT2D eigenvalue weighted by Gasteiger charge is 2.23. The molecule has 27 heavy (non-hydrogen) atoms. The van der Waals surface area contributed by atoms with Gasteiger partial charge in [0, 0.05) is 23.0 Å². The Morgan fingerprint density at radius 2 is 2.26 bits per heavy atom. The number of halogens is 1. The maximum atomic E-state index is 12.7. The van der Waals surface area contributed by atoms with E-state index in [2.05, 4.69) is 16.9 Å². The van der Waals surface area contributed by atoms with Crippen LogP contribution in [-0.2, 0) is 18.6 Å². The van der Waals surface area contributed by atoms with E-state index in [0.29, 0.717) is 21.8 Å². The molecule has 0 bridgehead atoms. The van der Waals surface area contributed by atoms with Crippen LogP contribution < -0.4 is 5.56 Å². The molecule has 5 rings (SSSR count). The number of aryl methyl sites for hydroxylation is 1. The van der Waals surface area contributed by atoms with Crippen molar-refractivity contribution in [1.82, 2.24) is 19.4 Å². The van der Waals surface area contributed by atoms with E-state index >= 15 is 0 Å². The van der Waals surface area contributed by atoms with E-state index in [1.165, 1.54) is 22.2 Å². The molecule has 0 saturated heterocycles. The van der Waals surface area contributed by atoms with Crippen LogP contribution in [0, 0.1) is 5.92 Å². The first-order chi connectivity index (χ1) is 13.1. The van der Waals surface area contributed by atoms with Crippen LogP contribution in [0.25, 0.3) is 15.9 Å². The third kappa shape index (κ3) is 3.17. The van der Waals surface area contributed by atoms with Crippen molar-refractivity contribution in [3.63, 3.8) is 0 Å². The number of rotatable bonds is 3. The first-order valence-electron chi connectivity index (χ1n) is 8.87. The molecular weight excluding hydrogens is 400 g/mol. The number of pyridine rings is 1. The minimum Gasteiger partial charge on any atom is -0.305 e. The lowest BCUT2D eigenvalue weighted by atomic mass is 9.89. The quantitative estimate of drug-likeness (QED) is 0.388. The Labute approximate surface area is 168 Å². The minimum atomic E-state index is -0.0173. The molecule has 0 saturated carbocycles. The number of aromatic nitrogens is 4. The third-order valence-electron chi connectivity index (χ3n) is 4.97. The average molecular weight is 417 g/mol. The number of H-pyrrole nitrogens is 1. The highest BCUT2D eigenvalue weighted by Crippen LogP contribution is 2.36. The average Bonchev–Trinajstić information content (AvgIpc) is 3.19. The fourth-order valence-corrected chi connectivity index (χ4v) is 5.98. The van der Waals surface area contributed by atoms with Crippen molar-refractivity contribution in [3.8, 4) is 0 Å². The van der Waals surface area contributed by atoms with Crippen molar-refractivity contribution in [1.29, 1.82) is 0 Å². The Hall–Kier alpha value is -1.83. The molecule has 138 valence electrons. The maximum Gasteiger partial charge on any atom is 0.260 e. The first-order valence-corrected chi connectivity index (χ1v) is 11.1. The number of fused-ring (bicyclic) bond motifs is 4. The lowest BCUT2D eigenvalue weighted by Crippen LogP contribution is -2.13. The van der Waals surface area contributed by atoms with E-state index in [1.54, 1.807) is 11.3 Å². The van der Waals surface area contributed by atoms with Gasteiger partial charge in [-0.15, -0.1) is 11.3 Å². The van der Waals surface area contributed by atoms with Gasteiger partial charge in [-0.3, -0.25) is 4.79 Å². The number of hydrogen-bond acceptors (Lipinski definition) is 5. The molecule has 0 radical (unpaired) electrons. The van der Waals surface area contributed by atoms with Crippen molar-refractivity contribution in [2.45, 2.75) is 37.1 Å². The Bertz CT molecular complexity index is 1230. The predicted molar refractivity (Wildman–Crippen MR) is 111 cm³/mol. The molecule has 4 aromatic heterocycles. The van der Waals surface area contributed by atoms with Gasteiger partial charge in [0.2, 0.25) is 0 Å². The summed E-state index contributed by atoms with van der Waals surface area (Å²) in [6, 6.07) is 3.72. The molecule has 0 aromatic carbocycles. The minimum absolute atomic E-state index is 0.0173. The molecular formula is C19H17ClN4OS2. The smallest absolute Gasteiger partial charge is 0.260 e. The summed E-state index contributed by atoms with van der Waals surface area (Å²) in [4.78, 5) is 27.1. The summed E-state index contributed by atoms with van der Waals surface area (Å²) < 4.78 is 1.91. The molecule has 1 aliphatic rings. The van der Waals surface area contributed by atoms with Gasteiger partial charge in [-0.25, -0.2) is 9.97 Å². The van der Waals surface area contributed by atoms with Crippen LogP contribution in [0.5, 0.6) is 0 Å². The summed E-state index contributed by atoms with van der Waals surface area (Å²) in [6.07, 6.45) is 6.98. The van der Waals surface area contributed by atoms with Crippen molar-refractivity contribution in [2.75, 3.05) is 0 Å². The molecule has 4 aromatic rings. The van der Waals surface area contributed by atoms with Gasteiger partial charge < -0.3 is 9.38 Å². The van der Waals surface area contributed by atoms with Crippen molar-refractivity contribution >= 4 is 50.6 Å². The Balaban J connectivity index is 1.44. The normalized spacial score (nSPS) is 16.9. The van der Waals surface area contributed by atoms with Crippen LogP contribution in [0.3, 0.4) is 0 Å². The fraction of sp³-hybridized carbons (Fsp3) is 0.316. The monoisotopic (exact) mass is 416 g/mol. The van der Waals surface area contributed by atoms with Gasteiger partial charge in [0.05, 0.1) is 16.1 Å². The summed E-state index contributed by atoms with van der Waals surface area (Å²) >= 11 is 9.20. The van der Waals surface area contributed by atoms with Gasteiger partial charge in [0.1, 0.15) is 10.5 Å². The molecule has 4 heterocycles. The number of thiophene rings is 1. The number of aromatic amines is 1. The van der Waals surface area contributed by atoms with Crippen LogP contribution in [0.4, 0.5) is 0 Å².